The second kappa shape index (κ2) is 19.4. The lowest BCUT2D eigenvalue weighted by molar-refractivity contribution is -0.132. The third kappa shape index (κ3) is 13.7. The molecule has 13 nitrogen and oxygen atoms in total. The predicted molar refractivity (Wildman–Crippen MR) is 195 cm³/mol. The molecule has 4 unspecified atom stereocenters. The molecule has 0 fully saturated rings. The normalized spacial score (nSPS) is 14.1. The molecule has 0 aliphatic rings. The summed E-state index contributed by atoms with van der Waals surface area (Å²) in [5.74, 6) is -2.51. The van der Waals surface area contributed by atoms with Crippen LogP contribution >= 0.6 is 0 Å². The lowest BCUT2D eigenvalue weighted by atomic mass is 9.91. The van der Waals surface area contributed by atoms with Crippen molar-refractivity contribution >= 4 is 39.3 Å². The number of carbonyl (C=O) groups excluding carboxylic acids is 4. The molecular formula is C36H56N6O7S. The van der Waals surface area contributed by atoms with Crippen LogP contribution in [0.2, 0.25) is 0 Å². The van der Waals surface area contributed by atoms with E-state index in [2.05, 4.69) is 25.7 Å². The fraction of sp³-hybridized carbons (Fsp3) is 0.583. The summed E-state index contributed by atoms with van der Waals surface area (Å²) in [7, 11) is -2.15. The van der Waals surface area contributed by atoms with E-state index in [1.165, 1.54) is 30.0 Å². The number of benzene rings is 1. The largest absolute Gasteiger partial charge is 0.391 e. The minimum Gasteiger partial charge on any atom is -0.391 e. The minimum atomic E-state index is -3.74. The summed E-state index contributed by atoms with van der Waals surface area (Å²) in [5.41, 5.74) is 0.982. The number of carbonyl (C=O) groups is 4. The molecule has 1 heterocycles. The molecule has 0 radical (unpaired) electrons. The lowest BCUT2D eigenvalue weighted by Crippen LogP contribution is -2.52. The zero-order chi connectivity index (χ0) is 37.8. The number of rotatable bonds is 19. The Morgan fingerprint density at radius 3 is 2.04 bits per heavy atom. The monoisotopic (exact) mass is 716 g/mol. The molecule has 2 aromatic rings. The van der Waals surface area contributed by atoms with Gasteiger partial charge in [-0.15, -0.1) is 0 Å². The van der Waals surface area contributed by atoms with Gasteiger partial charge < -0.3 is 26.0 Å². The maximum Gasteiger partial charge on any atom is 0.253 e. The Morgan fingerprint density at radius 1 is 0.860 bits per heavy atom. The van der Waals surface area contributed by atoms with Crippen molar-refractivity contribution in [3.63, 3.8) is 0 Å². The first-order valence-electron chi connectivity index (χ1n) is 17.2. The number of hydrogen-bond acceptors (Lipinski definition) is 8. The highest BCUT2D eigenvalue weighted by atomic mass is 32.2. The molecule has 2 rings (SSSR count). The average Bonchev–Trinajstić information content (AvgIpc) is 3.04. The Labute approximate surface area is 297 Å². The summed E-state index contributed by atoms with van der Waals surface area (Å²) in [6, 6.07) is 6.12. The molecule has 0 aliphatic heterocycles. The third-order valence-electron chi connectivity index (χ3n) is 8.09. The molecular weight excluding hydrogens is 660 g/mol. The Bertz CT molecular complexity index is 1550. The summed E-state index contributed by atoms with van der Waals surface area (Å²) in [4.78, 5) is 58.6. The molecule has 14 heteroatoms. The van der Waals surface area contributed by atoms with Crippen molar-refractivity contribution in [3.05, 3.63) is 59.4 Å². The van der Waals surface area contributed by atoms with Crippen molar-refractivity contribution in [3.8, 4) is 0 Å². The number of aliphatic hydroxyl groups is 1. The second-order valence-electron chi connectivity index (χ2n) is 14.1. The molecule has 278 valence electrons. The van der Waals surface area contributed by atoms with Gasteiger partial charge in [0, 0.05) is 49.6 Å². The van der Waals surface area contributed by atoms with Crippen LogP contribution in [0, 0.1) is 23.7 Å². The van der Waals surface area contributed by atoms with Crippen molar-refractivity contribution in [2.75, 3.05) is 24.1 Å². The average molecular weight is 717 g/mol. The number of aromatic nitrogens is 1. The third-order valence-corrected chi connectivity index (χ3v) is 9.40. The van der Waals surface area contributed by atoms with Crippen molar-refractivity contribution in [2.24, 2.45) is 23.7 Å². The van der Waals surface area contributed by atoms with E-state index in [0.29, 0.717) is 13.0 Å². The van der Waals surface area contributed by atoms with E-state index in [0.717, 1.165) is 5.56 Å². The van der Waals surface area contributed by atoms with E-state index >= 15 is 0 Å². The predicted octanol–water partition coefficient (Wildman–Crippen LogP) is 3.56. The van der Waals surface area contributed by atoms with Gasteiger partial charge in [0.1, 0.15) is 6.04 Å². The van der Waals surface area contributed by atoms with Gasteiger partial charge in [0.05, 0.1) is 23.6 Å². The molecule has 0 spiro atoms. The molecule has 4 amide bonds. The summed E-state index contributed by atoms with van der Waals surface area (Å²) in [6.07, 6.45) is 2.46. The van der Waals surface area contributed by atoms with Gasteiger partial charge in [-0.1, -0.05) is 48.5 Å². The summed E-state index contributed by atoms with van der Waals surface area (Å²) in [6.45, 7) is 15.4. The van der Waals surface area contributed by atoms with Gasteiger partial charge in [0.2, 0.25) is 21.8 Å². The van der Waals surface area contributed by atoms with Crippen molar-refractivity contribution in [1.82, 2.24) is 25.8 Å². The first kappa shape index (κ1) is 42.1. The van der Waals surface area contributed by atoms with Gasteiger partial charge in [0.15, 0.2) is 0 Å². The zero-order valence-electron chi connectivity index (χ0n) is 30.8. The Balaban J connectivity index is 2.30. The van der Waals surface area contributed by atoms with Gasteiger partial charge in [-0.2, -0.15) is 0 Å². The summed E-state index contributed by atoms with van der Waals surface area (Å²) < 4.78 is 27.3. The van der Waals surface area contributed by atoms with Crippen LogP contribution < -0.4 is 20.7 Å². The van der Waals surface area contributed by atoms with Gasteiger partial charge in [-0.05, 0) is 73.4 Å². The van der Waals surface area contributed by atoms with Gasteiger partial charge in [0.25, 0.3) is 11.8 Å². The molecule has 5 N–H and O–H groups in total. The fourth-order valence-electron chi connectivity index (χ4n) is 5.20. The van der Waals surface area contributed by atoms with Crippen LogP contribution in [0.5, 0.6) is 0 Å². The molecule has 1 aromatic heterocycles. The molecule has 4 atom stereocenters. The maximum atomic E-state index is 13.7. The lowest BCUT2D eigenvalue weighted by Gasteiger charge is -2.29. The van der Waals surface area contributed by atoms with Crippen molar-refractivity contribution < 1.29 is 32.7 Å². The highest BCUT2D eigenvalue weighted by Gasteiger charge is 2.30. The first-order chi connectivity index (χ1) is 23.3. The quantitative estimate of drug-likeness (QED) is 0.146. The Hall–Kier alpha value is -4.04. The molecule has 1 aromatic carbocycles. The van der Waals surface area contributed by atoms with Crippen LogP contribution in [0.25, 0.3) is 0 Å². The Kier molecular flexibility index (Phi) is 16.3. The molecule has 0 aliphatic carbocycles. The zero-order valence-corrected chi connectivity index (χ0v) is 31.6. The topological polar surface area (TPSA) is 187 Å². The highest BCUT2D eigenvalue weighted by molar-refractivity contribution is 7.92. The number of anilines is 1. The van der Waals surface area contributed by atoms with Crippen LogP contribution in [0.3, 0.4) is 0 Å². The molecule has 0 saturated carbocycles. The van der Waals surface area contributed by atoms with E-state index in [9.17, 15) is 32.7 Å². The van der Waals surface area contributed by atoms with Crippen LogP contribution in [0.4, 0.5) is 5.69 Å². The first-order valence-corrected chi connectivity index (χ1v) is 18.9. The van der Waals surface area contributed by atoms with Gasteiger partial charge >= 0.3 is 0 Å². The number of nitrogens with zero attached hydrogens (tertiary/aromatic N) is 2. The van der Waals surface area contributed by atoms with Crippen LogP contribution in [-0.4, -0.2) is 84.6 Å². The Morgan fingerprint density at radius 2 is 1.48 bits per heavy atom. The maximum absolute atomic E-state index is 13.7. The highest BCUT2D eigenvalue weighted by Crippen LogP contribution is 2.21. The van der Waals surface area contributed by atoms with E-state index in [1.807, 2.05) is 41.5 Å². The van der Waals surface area contributed by atoms with Crippen molar-refractivity contribution in [1.29, 1.82) is 0 Å². The number of nitrogens with one attached hydrogen (secondary N) is 4. The van der Waals surface area contributed by atoms with E-state index in [-0.39, 0.29) is 59.2 Å². The smallest absolute Gasteiger partial charge is 0.253 e. The van der Waals surface area contributed by atoms with Gasteiger partial charge in [-0.3, -0.25) is 28.9 Å². The number of aliphatic hydroxyl groups excluding tert-OH is 1. The van der Waals surface area contributed by atoms with E-state index < -0.39 is 51.9 Å². The number of hydrogen-bond donors (Lipinski definition) is 5. The van der Waals surface area contributed by atoms with E-state index in [1.54, 1.807) is 38.5 Å². The molecule has 0 saturated heterocycles. The van der Waals surface area contributed by atoms with Gasteiger partial charge in [-0.25, -0.2) is 8.42 Å². The van der Waals surface area contributed by atoms with Crippen LogP contribution in [-0.2, 0) is 26.2 Å². The summed E-state index contributed by atoms with van der Waals surface area (Å²) in [5, 5.41) is 19.9. The van der Waals surface area contributed by atoms with Crippen LogP contribution in [0.15, 0.2) is 42.7 Å². The molecule has 50 heavy (non-hydrogen) atoms. The second-order valence-corrected chi connectivity index (χ2v) is 16.1. The van der Waals surface area contributed by atoms with Crippen molar-refractivity contribution in [2.45, 2.75) is 93.0 Å². The standard InChI is InChI=1S/C36H56N6O7S/c1-10-50(48,49)41-29-18-27(17-28(19-29)36(47)42(9)21-26-11-13-37-14-12-26)34(45)39-30(15-22(2)3)31(43)16-25(8)33(44)40-32(24(6)7)35(46)38-20-23(4)5/h11-14,17-19,22-25,30-32,41,43H,10,15-16,20-21H2,1-9H3,(H,38,46)(H,39,45)(H,40,44). The summed E-state index contributed by atoms with van der Waals surface area (Å²) >= 11 is 0. The molecule has 0 bridgehead atoms. The number of pyridine rings is 1. The van der Waals surface area contributed by atoms with Crippen LogP contribution in [0.1, 0.15) is 94.5 Å². The number of amides is 4. The van der Waals surface area contributed by atoms with E-state index in [4.69, 9.17) is 0 Å². The SMILES string of the molecule is CCS(=O)(=O)Nc1cc(C(=O)NC(CC(C)C)C(O)CC(C)C(=O)NC(C(=O)NCC(C)C)C(C)C)cc(C(=O)N(C)Cc2ccncc2)c1. The fourth-order valence-corrected chi connectivity index (χ4v) is 5.82. The number of sulfonamides is 1. The minimum absolute atomic E-state index is 0.00179.